The summed E-state index contributed by atoms with van der Waals surface area (Å²) < 4.78 is 11.1. The SMILES string of the molecule is CCOC1OC(CC)=CCC1C. The molecule has 0 bridgehead atoms. The van der Waals surface area contributed by atoms with Gasteiger partial charge in [-0.2, -0.15) is 0 Å². The fourth-order valence-electron chi connectivity index (χ4n) is 1.33. The van der Waals surface area contributed by atoms with Crippen LogP contribution >= 0.6 is 0 Å². The van der Waals surface area contributed by atoms with Gasteiger partial charge in [0, 0.05) is 18.9 Å². The van der Waals surface area contributed by atoms with Gasteiger partial charge < -0.3 is 9.47 Å². The molecule has 2 nitrogen and oxygen atoms in total. The summed E-state index contributed by atoms with van der Waals surface area (Å²) in [7, 11) is 0. The summed E-state index contributed by atoms with van der Waals surface area (Å²) in [5.41, 5.74) is 0. The average Bonchev–Trinajstić information content (AvgIpc) is 2.09. The van der Waals surface area contributed by atoms with Crippen LogP contribution in [0.1, 0.15) is 33.6 Å². The zero-order chi connectivity index (χ0) is 8.97. The van der Waals surface area contributed by atoms with Crippen LogP contribution in [0.25, 0.3) is 0 Å². The first-order valence-electron chi connectivity index (χ1n) is 4.75. The van der Waals surface area contributed by atoms with E-state index in [1.807, 2.05) is 6.92 Å². The van der Waals surface area contributed by atoms with Crippen LogP contribution in [-0.4, -0.2) is 12.9 Å². The number of hydrogen-bond acceptors (Lipinski definition) is 2. The molecule has 0 saturated heterocycles. The molecular weight excluding hydrogens is 152 g/mol. The van der Waals surface area contributed by atoms with Gasteiger partial charge in [-0.15, -0.1) is 0 Å². The van der Waals surface area contributed by atoms with Crippen molar-refractivity contribution in [1.29, 1.82) is 0 Å². The highest BCUT2D eigenvalue weighted by Gasteiger charge is 2.22. The third-order valence-corrected chi connectivity index (χ3v) is 2.13. The Bertz CT molecular complexity index is 163. The molecule has 0 spiro atoms. The lowest BCUT2D eigenvalue weighted by atomic mass is 10.0. The van der Waals surface area contributed by atoms with Gasteiger partial charge in [-0.3, -0.25) is 0 Å². The minimum atomic E-state index is -0.0186. The lowest BCUT2D eigenvalue weighted by molar-refractivity contribution is -0.150. The Balaban J connectivity index is 2.48. The molecule has 1 aliphatic rings. The van der Waals surface area contributed by atoms with Gasteiger partial charge in [0.15, 0.2) is 0 Å². The monoisotopic (exact) mass is 170 g/mol. The zero-order valence-corrected chi connectivity index (χ0v) is 8.17. The van der Waals surface area contributed by atoms with E-state index in [1.165, 1.54) is 0 Å². The normalized spacial score (nSPS) is 29.4. The van der Waals surface area contributed by atoms with Gasteiger partial charge in [-0.25, -0.2) is 0 Å². The van der Waals surface area contributed by atoms with Crippen LogP contribution < -0.4 is 0 Å². The maximum absolute atomic E-state index is 5.63. The Labute approximate surface area is 74.6 Å². The van der Waals surface area contributed by atoms with Crippen LogP contribution in [0.5, 0.6) is 0 Å². The van der Waals surface area contributed by atoms with Crippen molar-refractivity contribution < 1.29 is 9.47 Å². The lowest BCUT2D eigenvalue weighted by Crippen LogP contribution is -2.27. The van der Waals surface area contributed by atoms with E-state index in [2.05, 4.69) is 19.9 Å². The summed E-state index contributed by atoms with van der Waals surface area (Å²) in [6.07, 6.45) is 4.19. The van der Waals surface area contributed by atoms with E-state index in [1.54, 1.807) is 0 Å². The highest BCUT2D eigenvalue weighted by molar-refractivity contribution is 4.97. The molecule has 0 aromatic carbocycles. The van der Waals surface area contributed by atoms with E-state index in [9.17, 15) is 0 Å². The van der Waals surface area contributed by atoms with Crippen molar-refractivity contribution in [2.24, 2.45) is 5.92 Å². The number of hydrogen-bond donors (Lipinski definition) is 0. The predicted octanol–water partition coefficient (Wildman–Crippen LogP) is 2.70. The van der Waals surface area contributed by atoms with Gasteiger partial charge in [0.1, 0.15) is 0 Å². The maximum atomic E-state index is 5.63. The fourth-order valence-corrected chi connectivity index (χ4v) is 1.33. The number of rotatable bonds is 3. The van der Waals surface area contributed by atoms with Gasteiger partial charge in [0.05, 0.1) is 5.76 Å². The fraction of sp³-hybridized carbons (Fsp3) is 0.800. The minimum Gasteiger partial charge on any atom is -0.469 e. The molecule has 0 radical (unpaired) electrons. The smallest absolute Gasteiger partial charge is 0.202 e. The second kappa shape index (κ2) is 4.51. The topological polar surface area (TPSA) is 18.5 Å². The minimum absolute atomic E-state index is 0.0186. The van der Waals surface area contributed by atoms with Crippen LogP contribution in [0.3, 0.4) is 0 Å². The Morgan fingerprint density at radius 2 is 2.33 bits per heavy atom. The lowest BCUT2D eigenvalue weighted by Gasteiger charge is -2.29. The third-order valence-electron chi connectivity index (χ3n) is 2.13. The van der Waals surface area contributed by atoms with Gasteiger partial charge in [-0.1, -0.05) is 13.8 Å². The Hall–Kier alpha value is -0.500. The highest BCUT2D eigenvalue weighted by atomic mass is 16.7. The van der Waals surface area contributed by atoms with Crippen molar-refractivity contribution in [3.8, 4) is 0 Å². The standard InChI is InChI=1S/C10H18O2/c1-4-9-7-6-8(3)10(12-9)11-5-2/h7-8,10H,4-6H2,1-3H3. The zero-order valence-electron chi connectivity index (χ0n) is 8.17. The molecule has 2 heteroatoms. The first kappa shape index (κ1) is 9.59. The van der Waals surface area contributed by atoms with E-state index >= 15 is 0 Å². The molecule has 2 atom stereocenters. The summed E-state index contributed by atoms with van der Waals surface area (Å²) in [5.74, 6) is 1.56. The molecule has 0 N–H and O–H groups in total. The molecule has 0 fully saturated rings. The van der Waals surface area contributed by atoms with Crippen molar-refractivity contribution in [2.75, 3.05) is 6.61 Å². The van der Waals surface area contributed by atoms with Crippen molar-refractivity contribution in [1.82, 2.24) is 0 Å². The second-order valence-corrected chi connectivity index (χ2v) is 3.18. The molecule has 2 unspecified atom stereocenters. The summed E-state index contributed by atoms with van der Waals surface area (Å²) in [6.45, 7) is 6.99. The first-order chi connectivity index (χ1) is 5.77. The molecule has 0 aromatic heterocycles. The Morgan fingerprint density at radius 1 is 1.58 bits per heavy atom. The van der Waals surface area contributed by atoms with E-state index in [-0.39, 0.29) is 6.29 Å². The molecule has 1 rings (SSSR count). The quantitative estimate of drug-likeness (QED) is 0.648. The van der Waals surface area contributed by atoms with Gasteiger partial charge in [0.25, 0.3) is 0 Å². The molecular formula is C10H18O2. The van der Waals surface area contributed by atoms with E-state index < -0.39 is 0 Å². The van der Waals surface area contributed by atoms with E-state index in [4.69, 9.17) is 9.47 Å². The van der Waals surface area contributed by atoms with Crippen LogP contribution in [0.2, 0.25) is 0 Å². The molecule has 12 heavy (non-hydrogen) atoms. The predicted molar refractivity (Wildman–Crippen MR) is 48.7 cm³/mol. The third kappa shape index (κ3) is 2.24. The molecule has 0 aliphatic carbocycles. The summed E-state index contributed by atoms with van der Waals surface area (Å²) in [5, 5.41) is 0. The van der Waals surface area contributed by atoms with Crippen LogP contribution in [0, 0.1) is 5.92 Å². The number of ether oxygens (including phenoxy) is 2. The van der Waals surface area contributed by atoms with Crippen LogP contribution in [-0.2, 0) is 9.47 Å². The molecule has 1 heterocycles. The van der Waals surface area contributed by atoms with Gasteiger partial charge in [0.2, 0.25) is 6.29 Å². The summed E-state index contributed by atoms with van der Waals surface area (Å²) >= 11 is 0. The van der Waals surface area contributed by atoms with Gasteiger partial charge >= 0.3 is 0 Å². The first-order valence-corrected chi connectivity index (χ1v) is 4.75. The maximum Gasteiger partial charge on any atom is 0.202 e. The van der Waals surface area contributed by atoms with E-state index in [0.29, 0.717) is 5.92 Å². The average molecular weight is 170 g/mol. The molecule has 0 saturated carbocycles. The van der Waals surface area contributed by atoms with Crippen LogP contribution in [0.4, 0.5) is 0 Å². The molecule has 70 valence electrons. The molecule has 0 aromatic rings. The van der Waals surface area contributed by atoms with Crippen LogP contribution in [0.15, 0.2) is 11.8 Å². The van der Waals surface area contributed by atoms with Crippen molar-refractivity contribution in [3.05, 3.63) is 11.8 Å². The Morgan fingerprint density at radius 3 is 2.92 bits per heavy atom. The van der Waals surface area contributed by atoms with Crippen molar-refractivity contribution in [2.45, 2.75) is 39.9 Å². The van der Waals surface area contributed by atoms with Gasteiger partial charge in [-0.05, 0) is 19.4 Å². The van der Waals surface area contributed by atoms with E-state index in [0.717, 1.165) is 25.2 Å². The summed E-state index contributed by atoms with van der Waals surface area (Å²) in [6, 6.07) is 0. The molecule has 1 aliphatic heterocycles. The summed E-state index contributed by atoms with van der Waals surface area (Å²) in [4.78, 5) is 0. The largest absolute Gasteiger partial charge is 0.469 e. The number of allylic oxidation sites excluding steroid dienone is 2. The molecule has 0 amide bonds. The highest BCUT2D eigenvalue weighted by Crippen LogP contribution is 2.24. The van der Waals surface area contributed by atoms with Crippen molar-refractivity contribution >= 4 is 0 Å². The second-order valence-electron chi connectivity index (χ2n) is 3.18. The van der Waals surface area contributed by atoms with Crippen molar-refractivity contribution in [3.63, 3.8) is 0 Å². The Kier molecular flexibility index (Phi) is 3.60.